The van der Waals surface area contributed by atoms with E-state index in [4.69, 9.17) is 0 Å². The van der Waals surface area contributed by atoms with Gasteiger partial charge in [-0.1, -0.05) is 42.5 Å². The number of nitrogens with zero attached hydrogens (tertiary/aromatic N) is 1. The molecule has 2 heterocycles. The van der Waals surface area contributed by atoms with Crippen molar-refractivity contribution in [1.82, 2.24) is 15.2 Å². The van der Waals surface area contributed by atoms with Crippen molar-refractivity contribution < 1.29 is 18.0 Å². The van der Waals surface area contributed by atoms with Crippen molar-refractivity contribution in [3.8, 4) is 0 Å². The van der Waals surface area contributed by atoms with Gasteiger partial charge in [-0.05, 0) is 36.6 Å². The van der Waals surface area contributed by atoms with Gasteiger partial charge in [0.2, 0.25) is 5.91 Å². The number of H-pyrrole nitrogens is 1. The molecule has 3 aromatic rings. The number of nitrogens with one attached hydrogen (secondary N) is 2. The quantitative estimate of drug-likeness (QED) is 0.560. The molecule has 1 aromatic heterocycles. The molecule has 2 amide bonds. The minimum absolute atomic E-state index is 0.0335. The van der Waals surface area contributed by atoms with Crippen LogP contribution < -0.4 is 5.32 Å². The van der Waals surface area contributed by atoms with E-state index in [1.807, 2.05) is 30.5 Å². The second-order valence-corrected chi connectivity index (χ2v) is 10.6. The van der Waals surface area contributed by atoms with Crippen molar-refractivity contribution in [2.24, 2.45) is 0 Å². The third-order valence-electron chi connectivity index (χ3n) is 5.87. The summed E-state index contributed by atoms with van der Waals surface area (Å²) in [4.78, 5) is 30.9. The summed E-state index contributed by atoms with van der Waals surface area (Å²) in [5, 5.41) is 3.89. The number of amides is 2. The van der Waals surface area contributed by atoms with Gasteiger partial charge in [0.1, 0.15) is 15.9 Å². The highest BCUT2D eigenvalue weighted by Crippen LogP contribution is 2.29. The molecule has 0 saturated carbocycles. The second-order valence-electron chi connectivity index (χ2n) is 8.32. The van der Waals surface area contributed by atoms with E-state index in [-0.39, 0.29) is 18.1 Å². The Morgan fingerprint density at radius 2 is 1.82 bits per heavy atom. The van der Waals surface area contributed by atoms with Crippen LogP contribution in [0.4, 0.5) is 0 Å². The fourth-order valence-corrected chi connectivity index (χ4v) is 4.76. The Kier molecular flexibility index (Phi) is 6.65. The normalized spacial score (nSPS) is 15.2. The lowest BCUT2D eigenvalue weighted by Gasteiger charge is -2.30. The Morgan fingerprint density at radius 1 is 1.09 bits per heavy atom. The third kappa shape index (κ3) is 5.51. The number of benzene rings is 2. The molecule has 0 unspecified atom stereocenters. The van der Waals surface area contributed by atoms with Gasteiger partial charge in [0.15, 0.2) is 0 Å². The van der Waals surface area contributed by atoms with Gasteiger partial charge in [-0.2, -0.15) is 0 Å². The highest BCUT2D eigenvalue weighted by Gasteiger charge is 2.28. The number of aromatic nitrogens is 1. The molecule has 7 nitrogen and oxygen atoms in total. The standard InChI is InChI=1S/C25H27N3O4S/c1-33(31,32)16-13-23(27-24(29)19-7-3-2-4-8-19)25(30)28-14-11-18(12-15-28)21-17-26-22-10-6-5-9-20(21)22/h2-11,17,23,26H,12-16H2,1H3,(H,27,29)/t23-/m0/s1. The molecule has 4 rings (SSSR count). The number of rotatable bonds is 7. The number of hydrogen-bond donors (Lipinski definition) is 2. The number of carbonyl (C=O) groups is 2. The van der Waals surface area contributed by atoms with Gasteiger partial charge in [0.25, 0.3) is 5.91 Å². The molecule has 0 radical (unpaired) electrons. The van der Waals surface area contributed by atoms with E-state index in [0.717, 1.165) is 28.3 Å². The number of hydrogen-bond acceptors (Lipinski definition) is 4. The van der Waals surface area contributed by atoms with Gasteiger partial charge >= 0.3 is 0 Å². The van der Waals surface area contributed by atoms with Crippen molar-refractivity contribution in [2.75, 3.05) is 25.1 Å². The van der Waals surface area contributed by atoms with E-state index in [1.165, 1.54) is 0 Å². The minimum Gasteiger partial charge on any atom is -0.361 e. The monoisotopic (exact) mass is 465 g/mol. The molecule has 1 atom stereocenters. The lowest BCUT2D eigenvalue weighted by atomic mass is 9.98. The van der Waals surface area contributed by atoms with Crippen molar-refractivity contribution in [2.45, 2.75) is 18.9 Å². The molecule has 0 spiro atoms. The molecule has 2 N–H and O–H groups in total. The number of sulfone groups is 1. The van der Waals surface area contributed by atoms with Crippen molar-refractivity contribution in [3.63, 3.8) is 0 Å². The first-order valence-electron chi connectivity index (χ1n) is 10.9. The molecule has 1 aliphatic heterocycles. The molecule has 0 fully saturated rings. The van der Waals surface area contributed by atoms with E-state index in [2.05, 4.69) is 16.4 Å². The molecular formula is C25H27N3O4S. The first-order chi connectivity index (χ1) is 15.8. The smallest absolute Gasteiger partial charge is 0.251 e. The first kappa shape index (κ1) is 22.8. The van der Waals surface area contributed by atoms with Crippen molar-refractivity contribution >= 4 is 38.1 Å². The molecule has 0 saturated heterocycles. The largest absolute Gasteiger partial charge is 0.361 e. The number of para-hydroxylation sites is 1. The van der Waals surface area contributed by atoms with Gasteiger partial charge in [-0.3, -0.25) is 9.59 Å². The predicted octanol–water partition coefficient (Wildman–Crippen LogP) is 3.02. The zero-order valence-electron chi connectivity index (χ0n) is 18.5. The molecule has 0 bridgehead atoms. The summed E-state index contributed by atoms with van der Waals surface area (Å²) < 4.78 is 23.4. The maximum absolute atomic E-state index is 13.3. The minimum atomic E-state index is -3.28. The molecule has 1 aliphatic rings. The Morgan fingerprint density at radius 3 is 2.52 bits per heavy atom. The summed E-state index contributed by atoms with van der Waals surface area (Å²) in [7, 11) is -3.28. The zero-order chi connectivity index (χ0) is 23.4. The molecule has 172 valence electrons. The molecular weight excluding hydrogens is 438 g/mol. The number of fused-ring (bicyclic) bond motifs is 1. The van der Waals surface area contributed by atoms with Gasteiger partial charge < -0.3 is 15.2 Å². The molecule has 33 heavy (non-hydrogen) atoms. The van der Waals surface area contributed by atoms with E-state index in [9.17, 15) is 18.0 Å². The summed E-state index contributed by atoms with van der Waals surface area (Å²) in [6.45, 7) is 0.908. The van der Waals surface area contributed by atoms with Crippen LogP contribution in [0.3, 0.4) is 0 Å². The van der Waals surface area contributed by atoms with Gasteiger partial charge in [-0.15, -0.1) is 0 Å². The van der Waals surface area contributed by atoms with Crippen LogP contribution in [0.15, 0.2) is 66.9 Å². The van der Waals surface area contributed by atoms with E-state index in [0.29, 0.717) is 25.1 Å². The number of carbonyl (C=O) groups excluding carboxylic acids is 2. The van der Waals surface area contributed by atoms with Crippen molar-refractivity contribution in [3.05, 3.63) is 78.0 Å². The van der Waals surface area contributed by atoms with Crippen LogP contribution in [0.25, 0.3) is 16.5 Å². The number of aromatic amines is 1. The highest BCUT2D eigenvalue weighted by molar-refractivity contribution is 7.90. The summed E-state index contributed by atoms with van der Waals surface area (Å²) in [5.74, 6) is -0.838. The SMILES string of the molecule is CS(=O)(=O)CC[C@H](NC(=O)c1ccccc1)C(=O)N1CC=C(c2c[nH]c3ccccc23)CC1. The maximum Gasteiger partial charge on any atom is 0.251 e. The Balaban J connectivity index is 1.49. The van der Waals surface area contributed by atoms with E-state index in [1.54, 1.807) is 35.2 Å². The topological polar surface area (TPSA) is 99.3 Å². The van der Waals surface area contributed by atoms with Crippen LogP contribution in [-0.4, -0.2) is 61.3 Å². The zero-order valence-corrected chi connectivity index (χ0v) is 19.3. The predicted molar refractivity (Wildman–Crippen MR) is 129 cm³/mol. The van der Waals surface area contributed by atoms with Crippen LogP contribution in [0.5, 0.6) is 0 Å². The molecule has 0 aliphatic carbocycles. The van der Waals surface area contributed by atoms with E-state index < -0.39 is 21.8 Å². The van der Waals surface area contributed by atoms with Gasteiger partial charge in [0.05, 0.1) is 5.75 Å². The fraction of sp³-hybridized carbons (Fsp3) is 0.280. The maximum atomic E-state index is 13.3. The lowest BCUT2D eigenvalue weighted by molar-refractivity contribution is -0.132. The van der Waals surface area contributed by atoms with Crippen LogP contribution in [0.2, 0.25) is 0 Å². The third-order valence-corrected chi connectivity index (χ3v) is 6.85. The molecule has 8 heteroatoms. The average Bonchev–Trinajstić information content (AvgIpc) is 3.25. The highest BCUT2D eigenvalue weighted by atomic mass is 32.2. The van der Waals surface area contributed by atoms with Crippen molar-refractivity contribution in [1.29, 1.82) is 0 Å². The summed E-state index contributed by atoms with van der Waals surface area (Å²) >= 11 is 0. The van der Waals surface area contributed by atoms with Gasteiger partial charge in [-0.25, -0.2) is 8.42 Å². The second kappa shape index (κ2) is 9.62. The average molecular weight is 466 g/mol. The van der Waals surface area contributed by atoms with Crippen LogP contribution in [0, 0.1) is 0 Å². The lowest BCUT2D eigenvalue weighted by Crippen LogP contribution is -2.50. The van der Waals surface area contributed by atoms with Crippen LogP contribution in [0.1, 0.15) is 28.8 Å². The van der Waals surface area contributed by atoms with Crippen LogP contribution >= 0.6 is 0 Å². The Labute approximate surface area is 193 Å². The van der Waals surface area contributed by atoms with Crippen LogP contribution in [-0.2, 0) is 14.6 Å². The summed E-state index contributed by atoms with van der Waals surface area (Å²) in [6.07, 6.45) is 5.86. The summed E-state index contributed by atoms with van der Waals surface area (Å²) in [6, 6.07) is 15.8. The Bertz CT molecular complexity index is 1300. The van der Waals surface area contributed by atoms with E-state index >= 15 is 0 Å². The Hall–Kier alpha value is -3.39. The van der Waals surface area contributed by atoms with Gasteiger partial charge in [0, 0.05) is 47.6 Å². The summed E-state index contributed by atoms with van der Waals surface area (Å²) in [5.41, 5.74) is 3.78. The first-order valence-corrected chi connectivity index (χ1v) is 13.0. The molecule has 2 aromatic carbocycles. The fourth-order valence-electron chi connectivity index (χ4n) is 4.09.